The molecule has 0 radical (unpaired) electrons. The molecule has 1 aromatic heterocycles. The van der Waals surface area contributed by atoms with Crippen molar-refractivity contribution in [2.45, 2.75) is 39.2 Å². The molecule has 0 saturated heterocycles. The normalized spacial score (nSPS) is 12.6. The molecule has 204 valence electrons. The highest BCUT2D eigenvalue weighted by atomic mass is 32.1. The molecule has 1 aliphatic rings. The second kappa shape index (κ2) is 11.7. The standard InChI is InChI=1S/C31H31N5O3S/c1-3-33-28(37)23-15-13-22(14-16-23)26-27(29(38)34-18-20-7-5-4-6-8-20)40-31(35-26)36(30(32)39)25-17-24(21-11-12-21)10-9-19(25)2/h4-10,13-17,21H,3,11-12,18H2,1-2H3,(H2,32,39)(H,33,37)(H,34,38). The number of nitrogens with two attached hydrogens (primary N) is 1. The van der Waals surface area contributed by atoms with E-state index in [0.29, 0.717) is 51.5 Å². The fourth-order valence-corrected chi connectivity index (χ4v) is 5.53. The molecule has 5 rings (SSSR count). The molecular weight excluding hydrogens is 522 g/mol. The number of hydrogen-bond acceptors (Lipinski definition) is 5. The predicted octanol–water partition coefficient (Wildman–Crippen LogP) is 5.89. The summed E-state index contributed by atoms with van der Waals surface area (Å²) < 4.78 is 0. The van der Waals surface area contributed by atoms with Gasteiger partial charge in [0.2, 0.25) is 0 Å². The zero-order valence-electron chi connectivity index (χ0n) is 22.4. The van der Waals surface area contributed by atoms with Crippen LogP contribution in [0.2, 0.25) is 0 Å². The topological polar surface area (TPSA) is 117 Å². The van der Waals surface area contributed by atoms with Crippen molar-refractivity contribution in [1.29, 1.82) is 0 Å². The molecule has 1 heterocycles. The van der Waals surface area contributed by atoms with E-state index in [2.05, 4.69) is 16.7 Å². The predicted molar refractivity (Wildman–Crippen MR) is 158 cm³/mol. The number of carbonyl (C=O) groups excluding carboxylic acids is 3. The summed E-state index contributed by atoms with van der Waals surface area (Å²) in [6, 6.07) is 21.9. The van der Waals surface area contributed by atoms with Crippen molar-refractivity contribution in [2.24, 2.45) is 5.73 Å². The molecule has 8 nitrogen and oxygen atoms in total. The SMILES string of the molecule is CCNC(=O)c1ccc(-c2nc(N(C(N)=O)c3cc(C4CC4)ccc3C)sc2C(=O)NCc2ccccc2)cc1. The second-order valence-corrected chi connectivity index (χ2v) is 10.8. The van der Waals surface area contributed by atoms with E-state index in [1.165, 1.54) is 4.90 Å². The Labute approximate surface area is 237 Å². The fraction of sp³-hybridized carbons (Fsp3) is 0.226. The number of aryl methyl sites for hydroxylation is 1. The van der Waals surface area contributed by atoms with Crippen LogP contribution in [0.4, 0.5) is 15.6 Å². The fourth-order valence-electron chi connectivity index (χ4n) is 4.51. The maximum Gasteiger partial charge on any atom is 0.325 e. The Morgan fingerprint density at radius 3 is 2.35 bits per heavy atom. The minimum Gasteiger partial charge on any atom is -0.352 e. The summed E-state index contributed by atoms with van der Waals surface area (Å²) in [5.41, 5.74) is 11.1. The molecular formula is C31H31N5O3S. The summed E-state index contributed by atoms with van der Waals surface area (Å²) in [7, 11) is 0. The monoisotopic (exact) mass is 553 g/mol. The Hall–Kier alpha value is -4.50. The van der Waals surface area contributed by atoms with Crippen LogP contribution in [-0.2, 0) is 6.54 Å². The number of thiazole rings is 1. The van der Waals surface area contributed by atoms with Crippen LogP contribution in [0.1, 0.15) is 62.4 Å². The zero-order valence-corrected chi connectivity index (χ0v) is 23.3. The third-order valence-corrected chi connectivity index (χ3v) is 7.85. The average molecular weight is 554 g/mol. The van der Waals surface area contributed by atoms with Gasteiger partial charge in [-0.25, -0.2) is 14.7 Å². The summed E-state index contributed by atoms with van der Waals surface area (Å²) in [5, 5.41) is 6.05. The molecule has 0 aliphatic heterocycles. The highest BCUT2D eigenvalue weighted by Gasteiger charge is 2.29. The van der Waals surface area contributed by atoms with E-state index in [1.807, 2.05) is 56.3 Å². The number of hydrogen-bond donors (Lipinski definition) is 3. The molecule has 1 saturated carbocycles. The van der Waals surface area contributed by atoms with Gasteiger partial charge in [0, 0.05) is 24.2 Å². The van der Waals surface area contributed by atoms with Gasteiger partial charge < -0.3 is 16.4 Å². The van der Waals surface area contributed by atoms with Gasteiger partial charge in [-0.2, -0.15) is 0 Å². The number of carbonyl (C=O) groups is 3. The first-order valence-corrected chi connectivity index (χ1v) is 14.1. The smallest absolute Gasteiger partial charge is 0.325 e. The van der Waals surface area contributed by atoms with Crippen molar-refractivity contribution in [1.82, 2.24) is 15.6 Å². The van der Waals surface area contributed by atoms with Gasteiger partial charge in [-0.1, -0.05) is 65.9 Å². The first kappa shape index (κ1) is 27.1. The number of primary amides is 1. The molecule has 9 heteroatoms. The number of benzene rings is 3. The Kier molecular flexibility index (Phi) is 7.93. The Morgan fingerprint density at radius 1 is 0.975 bits per heavy atom. The van der Waals surface area contributed by atoms with Gasteiger partial charge in [-0.15, -0.1) is 0 Å². The number of anilines is 2. The summed E-state index contributed by atoms with van der Waals surface area (Å²) in [6.45, 7) is 4.64. The van der Waals surface area contributed by atoms with E-state index in [1.54, 1.807) is 24.3 Å². The highest BCUT2D eigenvalue weighted by molar-refractivity contribution is 7.18. The number of aromatic nitrogens is 1. The van der Waals surface area contributed by atoms with Crippen LogP contribution in [0.5, 0.6) is 0 Å². The Bertz CT molecular complexity index is 1550. The maximum absolute atomic E-state index is 13.5. The molecule has 4 aromatic rings. The first-order valence-electron chi connectivity index (χ1n) is 13.3. The average Bonchev–Trinajstić information content (AvgIpc) is 3.72. The third-order valence-electron chi connectivity index (χ3n) is 6.81. The van der Waals surface area contributed by atoms with Crippen LogP contribution in [-0.4, -0.2) is 29.4 Å². The Morgan fingerprint density at radius 2 is 1.70 bits per heavy atom. The number of rotatable bonds is 9. The largest absolute Gasteiger partial charge is 0.352 e. The summed E-state index contributed by atoms with van der Waals surface area (Å²) >= 11 is 1.11. The van der Waals surface area contributed by atoms with Gasteiger partial charge in [0.05, 0.1) is 11.4 Å². The number of amides is 4. The van der Waals surface area contributed by atoms with Crippen LogP contribution in [0, 0.1) is 6.92 Å². The molecule has 3 aromatic carbocycles. The number of nitrogens with one attached hydrogen (secondary N) is 2. The van der Waals surface area contributed by atoms with E-state index in [4.69, 9.17) is 10.7 Å². The number of nitrogens with zero attached hydrogens (tertiary/aromatic N) is 2. The van der Waals surface area contributed by atoms with Gasteiger partial charge in [-0.05, 0) is 67.5 Å². The molecule has 1 aliphatic carbocycles. The molecule has 0 bridgehead atoms. The van der Waals surface area contributed by atoms with Crippen molar-refractivity contribution in [3.05, 3.63) is 99.9 Å². The lowest BCUT2D eigenvalue weighted by Crippen LogP contribution is -2.32. The van der Waals surface area contributed by atoms with Crippen LogP contribution < -0.4 is 21.3 Å². The van der Waals surface area contributed by atoms with Crippen molar-refractivity contribution in [2.75, 3.05) is 11.4 Å². The summed E-state index contributed by atoms with van der Waals surface area (Å²) in [6.07, 6.45) is 2.25. The molecule has 1 fully saturated rings. The van der Waals surface area contributed by atoms with E-state index in [9.17, 15) is 14.4 Å². The summed E-state index contributed by atoms with van der Waals surface area (Å²) in [5.74, 6) is -0.00766. The van der Waals surface area contributed by atoms with Gasteiger partial charge in [0.1, 0.15) is 4.88 Å². The van der Waals surface area contributed by atoms with Crippen molar-refractivity contribution < 1.29 is 14.4 Å². The van der Waals surface area contributed by atoms with E-state index in [0.717, 1.165) is 40.9 Å². The first-order chi connectivity index (χ1) is 19.4. The van der Waals surface area contributed by atoms with Crippen LogP contribution in [0.25, 0.3) is 11.3 Å². The molecule has 4 amide bonds. The number of urea groups is 1. The summed E-state index contributed by atoms with van der Waals surface area (Å²) in [4.78, 5) is 45.1. The van der Waals surface area contributed by atoms with E-state index < -0.39 is 6.03 Å². The highest BCUT2D eigenvalue weighted by Crippen LogP contribution is 2.43. The van der Waals surface area contributed by atoms with Gasteiger partial charge in [0.15, 0.2) is 5.13 Å². The molecule has 0 unspecified atom stereocenters. The van der Waals surface area contributed by atoms with E-state index in [-0.39, 0.29) is 11.8 Å². The minimum atomic E-state index is -0.681. The van der Waals surface area contributed by atoms with Gasteiger partial charge in [-0.3, -0.25) is 9.59 Å². The zero-order chi connectivity index (χ0) is 28.2. The van der Waals surface area contributed by atoms with Crippen molar-refractivity contribution in [3.8, 4) is 11.3 Å². The second-order valence-electron chi connectivity index (χ2n) is 9.77. The Balaban J connectivity index is 1.54. The van der Waals surface area contributed by atoms with Crippen LogP contribution >= 0.6 is 11.3 Å². The lowest BCUT2D eigenvalue weighted by molar-refractivity contribution is 0.0947. The lowest BCUT2D eigenvalue weighted by atomic mass is 10.1. The van der Waals surface area contributed by atoms with Gasteiger partial charge >= 0.3 is 6.03 Å². The quantitative estimate of drug-likeness (QED) is 0.239. The molecule has 4 N–H and O–H groups in total. The van der Waals surface area contributed by atoms with Crippen molar-refractivity contribution >= 4 is 40.0 Å². The van der Waals surface area contributed by atoms with Crippen LogP contribution in [0.3, 0.4) is 0 Å². The molecule has 0 atom stereocenters. The molecule has 0 spiro atoms. The third kappa shape index (κ3) is 5.89. The van der Waals surface area contributed by atoms with Gasteiger partial charge in [0.25, 0.3) is 11.8 Å². The molecule has 40 heavy (non-hydrogen) atoms. The van der Waals surface area contributed by atoms with E-state index >= 15 is 0 Å². The lowest BCUT2D eigenvalue weighted by Gasteiger charge is -2.20. The minimum absolute atomic E-state index is 0.181. The van der Waals surface area contributed by atoms with Crippen molar-refractivity contribution in [3.63, 3.8) is 0 Å². The van der Waals surface area contributed by atoms with Crippen LogP contribution in [0.15, 0.2) is 72.8 Å². The maximum atomic E-state index is 13.5.